The Labute approximate surface area is 171 Å². The molecular weight excluding hydrogens is 399 g/mol. The Kier molecular flexibility index (Phi) is 5.69. The third-order valence-electron chi connectivity index (χ3n) is 4.92. The zero-order valence-electron chi connectivity index (χ0n) is 16.3. The van der Waals surface area contributed by atoms with Crippen molar-refractivity contribution in [3.8, 4) is 6.07 Å². The molecule has 2 amide bonds. The molecule has 3 N–H and O–H groups in total. The molecular formula is C19H20F3N7O. The molecule has 0 radical (unpaired) electrons. The number of nitrogens with one attached hydrogen (secondary N) is 1. The highest BCUT2D eigenvalue weighted by Crippen LogP contribution is 2.35. The summed E-state index contributed by atoms with van der Waals surface area (Å²) in [5, 5.41) is 11.6. The quantitative estimate of drug-likeness (QED) is 0.774. The standard InChI is InChI=1S/C19H20F3N7O/c1-11-10-29(18(30)27-16-5-6-25-17(24)26-16)12(2)9-28(11)14-4-3-13(8-23)15(7-14)19(20,21)22/h3-7,11-12H,9-10H2,1-2H3,(H3,24,25,26,27,30)/t11-,12+/m1/s1. The van der Waals surface area contributed by atoms with Crippen molar-refractivity contribution in [3.63, 3.8) is 0 Å². The van der Waals surface area contributed by atoms with E-state index in [1.807, 2.05) is 6.92 Å². The van der Waals surface area contributed by atoms with E-state index in [0.717, 1.165) is 6.07 Å². The second-order valence-electron chi connectivity index (χ2n) is 7.07. The number of alkyl halides is 3. The predicted octanol–water partition coefficient (Wildman–Crippen LogP) is 3.08. The van der Waals surface area contributed by atoms with E-state index in [0.29, 0.717) is 12.2 Å². The van der Waals surface area contributed by atoms with Gasteiger partial charge in [-0.05, 0) is 38.1 Å². The molecule has 1 aromatic carbocycles. The molecule has 8 nitrogen and oxygen atoms in total. The number of carbonyl (C=O) groups excluding carboxylic acids is 1. The van der Waals surface area contributed by atoms with Crippen molar-refractivity contribution in [1.82, 2.24) is 14.9 Å². The molecule has 1 saturated heterocycles. The molecule has 1 aliphatic rings. The molecule has 2 atom stereocenters. The summed E-state index contributed by atoms with van der Waals surface area (Å²) in [6.07, 6.45) is -3.21. The van der Waals surface area contributed by atoms with Gasteiger partial charge in [-0.25, -0.2) is 9.78 Å². The maximum absolute atomic E-state index is 13.3. The number of rotatable bonds is 2. The van der Waals surface area contributed by atoms with E-state index >= 15 is 0 Å². The van der Waals surface area contributed by atoms with Crippen molar-refractivity contribution >= 4 is 23.5 Å². The number of piperazine rings is 1. The van der Waals surface area contributed by atoms with E-state index in [1.54, 1.807) is 22.8 Å². The van der Waals surface area contributed by atoms with E-state index in [-0.39, 0.29) is 36.4 Å². The monoisotopic (exact) mass is 419 g/mol. The summed E-state index contributed by atoms with van der Waals surface area (Å²) in [6.45, 7) is 4.24. The summed E-state index contributed by atoms with van der Waals surface area (Å²) in [5.41, 5.74) is 4.47. The second-order valence-corrected chi connectivity index (χ2v) is 7.07. The summed E-state index contributed by atoms with van der Waals surface area (Å²) in [4.78, 5) is 23.7. The number of hydrogen-bond acceptors (Lipinski definition) is 6. The molecule has 0 spiro atoms. The van der Waals surface area contributed by atoms with Gasteiger partial charge in [-0.1, -0.05) is 0 Å². The molecule has 3 rings (SSSR count). The van der Waals surface area contributed by atoms with Crippen LogP contribution in [0.4, 0.5) is 35.4 Å². The number of amides is 2. The minimum Gasteiger partial charge on any atom is -0.368 e. The van der Waals surface area contributed by atoms with Crippen LogP contribution in [-0.2, 0) is 6.18 Å². The van der Waals surface area contributed by atoms with E-state index in [4.69, 9.17) is 11.0 Å². The molecule has 2 aromatic rings. The zero-order valence-corrected chi connectivity index (χ0v) is 16.3. The number of urea groups is 1. The Morgan fingerprint density at radius 1 is 1.27 bits per heavy atom. The Morgan fingerprint density at radius 3 is 2.63 bits per heavy atom. The maximum Gasteiger partial charge on any atom is 0.417 e. The average molecular weight is 419 g/mol. The number of hydrogen-bond donors (Lipinski definition) is 2. The number of nitrogens with zero attached hydrogens (tertiary/aromatic N) is 5. The van der Waals surface area contributed by atoms with Gasteiger partial charge < -0.3 is 15.5 Å². The van der Waals surface area contributed by atoms with E-state index in [1.165, 1.54) is 24.4 Å². The lowest BCUT2D eigenvalue weighted by atomic mass is 10.0. The van der Waals surface area contributed by atoms with Crippen molar-refractivity contribution < 1.29 is 18.0 Å². The lowest BCUT2D eigenvalue weighted by Crippen LogP contribution is -2.59. The molecule has 158 valence electrons. The van der Waals surface area contributed by atoms with Gasteiger partial charge in [-0.15, -0.1) is 0 Å². The number of anilines is 3. The van der Waals surface area contributed by atoms with Gasteiger partial charge in [0.2, 0.25) is 5.95 Å². The van der Waals surface area contributed by atoms with Crippen molar-refractivity contribution in [1.29, 1.82) is 5.26 Å². The Hall–Kier alpha value is -3.55. The minimum atomic E-state index is -4.63. The topological polar surface area (TPSA) is 111 Å². The van der Waals surface area contributed by atoms with Gasteiger partial charge in [0.25, 0.3) is 0 Å². The van der Waals surface area contributed by atoms with Crippen LogP contribution in [0.15, 0.2) is 30.5 Å². The highest BCUT2D eigenvalue weighted by atomic mass is 19.4. The zero-order chi connectivity index (χ0) is 22.1. The molecule has 1 fully saturated rings. The van der Waals surface area contributed by atoms with Gasteiger partial charge in [0.15, 0.2) is 0 Å². The van der Waals surface area contributed by atoms with Crippen LogP contribution in [0.1, 0.15) is 25.0 Å². The Bertz CT molecular complexity index is 989. The van der Waals surface area contributed by atoms with Crippen LogP contribution in [0.25, 0.3) is 0 Å². The molecule has 1 aromatic heterocycles. The first kappa shape index (κ1) is 21.2. The van der Waals surface area contributed by atoms with Crippen molar-refractivity contribution in [2.75, 3.05) is 29.0 Å². The fourth-order valence-electron chi connectivity index (χ4n) is 3.44. The number of nitrogen functional groups attached to an aromatic ring is 1. The summed E-state index contributed by atoms with van der Waals surface area (Å²) < 4.78 is 39.9. The van der Waals surface area contributed by atoms with Crippen LogP contribution < -0.4 is 16.0 Å². The molecule has 30 heavy (non-hydrogen) atoms. The van der Waals surface area contributed by atoms with Crippen molar-refractivity contribution in [3.05, 3.63) is 41.6 Å². The highest BCUT2D eigenvalue weighted by molar-refractivity contribution is 5.88. The number of aromatic nitrogens is 2. The fraction of sp³-hybridized carbons (Fsp3) is 0.368. The molecule has 2 heterocycles. The lowest BCUT2D eigenvalue weighted by molar-refractivity contribution is -0.137. The van der Waals surface area contributed by atoms with E-state index in [9.17, 15) is 18.0 Å². The summed E-state index contributed by atoms with van der Waals surface area (Å²) >= 11 is 0. The van der Waals surface area contributed by atoms with Crippen LogP contribution in [0.5, 0.6) is 0 Å². The number of halogens is 3. The van der Waals surface area contributed by atoms with Crippen LogP contribution in [0.2, 0.25) is 0 Å². The highest BCUT2D eigenvalue weighted by Gasteiger charge is 2.36. The summed E-state index contributed by atoms with van der Waals surface area (Å²) in [5.74, 6) is 0.289. The van der Waals surface area contributed by atoms with Gasteiger partial charge in [-0.3, -0.25) is 5.32 Å². The number of benzene rings is 1. The smallest absolute Gasteiger partial charge is 0.368 e. The van der Waals surface area contributed by atoms with Crippen molar-refractivity contribution in [2.24, 2.45) is 0 Å². The molecule has 0 aliphatic carbocycles. The average Bonchev–Trinajstić information content (AvgIpc) is 2.68. The normalized spacial score (nSPS) is 19.3. The Morgan fingerprint density at radius 2 is 2.00 bits per heavy atom. The first-order chi connectivity index (χ1) is 14.1. The fourth-order valence-corrected chi connectivity index (χ4v) is 3.44. The van der Waals surface area contributed by atoms with Gasteiger partial charge in [-0.2, -0.15) is 23.4 Å². The van der Waals surface area contributed by atoms with E-state index in [2.05, 4.69) is 15.3 Å². The summed E-state index contributed by atoms with van der Waals surface area (Å²) in [6, 6.07) is 5.82. The lowest BCUT2D eigenvalue weighted by Gasteiger charge is -2.45. The molecule has 0 bridgehead atoms. The first-order valence-electron chi connectivity index (χ1n) is 9.14. The third-order valence-corrected chi connectivity index (χ3v) is 4.92. The number of nitriles is 1. The van der Waals surface area contributed by atoms with Crippen LogP contribution in [-0.4, -0.2) is 46.1 Å². The predicted molar refractivity (Wildman–Crippen MR) is 105 cm³/mol. The van der Waals surface area contributed by atoms with Gasteiger partial charge in [0, 0.05) is 37.1 Å². The molecule has 0 saturated carbocycles. The number of nitrogens with two attached hydrogens (primary N) is 1. The third kappa shape index (κ3) is 4.37. The van der Waals surface area contributed by atoms with Crippen LogP contribution in [0, 0.1) is 11.3 Å². The largest absolute Gasteiger partial charge is 0.417 e. The SMILES string of the molecule is C[C@@H]1CN(C(=O)Nc2ccnc(N)n2)[C@@H](C)CN1c1ccc(C#N)c(C(F)(F)F)c1. The molecule has 1 aliphatic heterocycles. The maximum atomic E-state index is 13.3. The minimum absolute atomic E-state index is 0.0281. The van der Waals surface area contributed by atoms with E-state index < -0.39 is 17.3 Å². The van der Waals surface area contributed by atoms with Gasteiger partial charge in [0.1, 0.15) is 5.82 Å². The first-order valence-corrected chi connectivity index (χ1v) is 9.14. The second kappa shape index (κ2) is 8.06. The van der Waals surface area contributed by atoms with Gasteiger partial charge in [0.05, 0.1) is 17.2 Å². The summed E-state index contributed by atoms with van der Waals surface area (Å²) in [7, 11) is 0. The number of carbonyl (C=O) groups is 1. The Balaban J connectivity index is 1.78. The van der Waals surface area contributed by atoms with Crippen molar-refractivity contribution in [2.45, 2.75) is 32.1 Å². The molecule has 11 heteroatoms. The van der Waals surface area contributed by atoms with Gasteiger partial charge >= 0.3 is 12.2 Å². The molecule has 0 unspecified atom stereocenters. The van der Waals surface area contributed by atoms with Crippen LogP contribution >= 0.6 is 0 Å². The van der Waals surface area contributed by atoms with Crippen LogP contribution in [0.3, 0.4) is 0 Å².